The first kappa shape index (κ1) is 13.8. The first-order valence-corrected chi connectivity index (χ1v) is 7.42. The van der Waals surface area contributed by atoms with Crippen LogP contribution in [-0.4, -0.2) is 27.1 Å². The van der Waals surface area contributed by atoms with Crippen molar-refractivity contribution in [3.05, 3.63) is 30.1 Å². The third-order valence-corrected chi connectivity index (χ3v) is 4.23. The van der Waals surface area contributed by atoms with Crippen LogP contribution in [0.1, 0.15) is 43.2 Å². The minimum atomic E-state index is -1.10. The molecule has 1 aliphatic carbocycles. The zero-order chi connectivity index (χ0) is 14.8. The van der Waals surface area contributed by atoms with Crippen LogP contribution < -0.4 is 5.32 Å². The van der Waals surface area contributed by atoms with E-state index in [9.17, 15) is 9.90 Å². The highest BCUT2D eigenvalue weighted by Crippen LogP contribution is 2.28. The molecule has 0 bridgehead atoms. The monoisotopic (exact) mass is 285 g/mol. The molecule has 2 atom stereocenters. The summed E-state index contributed by atoms with van der Waals surface area (Å²) in [6.07, 6.45) is 4.77. The molecule has 0 saturated heterocycles. The second-order valence-electron chi connectivity index (χ2n) is 5.73. The third-order valence-electron chi connectivity index (χ3n) is 4.23. The van der Waals surface area contributed by atoms with E-state index in [1.165, 1.54) is 19.3 Å². The van der Waals surface area contributed by atoms with Crippen molar-refractivity contribution in [3.63, 3.8) is 0 Å². The number of nitrogens with zero attached hydrogens (tertiary/aromatic N) is 2. The number of hydrogen-bond donors (Lipinski definition) is 2. The average molecular weight is 285 g/mol. The number of carboxylic acid groups (broad SMARTS) is 1. The van der Waals surface area contributed by atoms with E-state index in [-0.39, 0.29) is 5.82 Å². The van der Waals surface area contributed by atoms with Crippen LogP contribution in [0.25, 0.3) is 10.9 Å². The van der Waals surface area contributed by atoms with E-state index < -0.39 is 5.97 Å². The first-order valence-electron chi connectivity index (χ1n) is 7.42. The van der Waals surface area contributed by atoms with Crippen molar-refractivity contribution >= 4 is 22.7 Å². The van der Waals surface area contributed by atoms with Crippen LogP contribution in [0.4, 0.5) is 5.82 Å². The van der Waals surface area contributed by atoms with Gasteiger partial charge in [-0.1, -0.05) is 31.9 Å². The minimum Gasteiger partial charge on any atom is -0.475 e. The molecular formula is C16H19N3O2. The number of aromatic carboxylic acids is 1. The van der Waals surface area contributed by atoms with Gasteiger partial charge in [-0.25, -0.2) is 14.8 Å². The molecule has 0 amide bonds. The molecule has 1 aliphatic rings. The summed E-state index contributed by atoms with van der Waals surface area (Å²) in [4.78, 5) is 19.5. The predicted octanol–water partition coefficient (Wildman–Crippen LogP) is 3.32. The van der Waals surface area contributed by atoms with E-state index >= 15 is 0 Å². The maximum absolute atomic E-state index is 11.2. The number of rotatable bonds is 3. The lowest BCUT2D eigenvalue weighted by Crippen LogP contribution is -2.31. The van der Waals surface area contributed by atoms with E-state index in [1.54, 1.807) is 0 Å². The number of benzene rings is 1. The van der Waals surface area contributed by atoms with Gasteiger partial charge in [0.1, 0.15) is 5.82 Å². The van der Waals surface area contributed by atoms with Crippen molar-refractivity contribution in [1.82, 2.24) is 9.97 Å². The van der Waals surface area contributed by atoms with Gasteiger partial charge in [-0.05, 0) is 30.9 Å². The van der Waals surface area contributed by atoms with E-state index in [1.807, 2.05) is 24.3 Å². The molecule has 0 radical (unpaired) electrons. The highest BCUT2D eigenvalue weighted by molar-refractivity contribution is 5.93. The zero-order valence-electron chi connectivity index (χ0n) is 12.0. The summed E-state index contributed by atoms with van der Waals surface area (Å²) < 4.78 is 0. The van der Waals surface area contributed by atoms with Crippen molar-refractivity contribution in [1.29, 1.82) is 0 Å². The van der Waals surface area contributed by atoms with Gasteiger partial charge in [-0.15, -0.1) is 0 Å². The van der Waals surface area contributed by atoms with Gasteiger partial charge in [-0.3, -0.25) is 0 Å². The summed E-state index contributed by atoms with van der Waals surface area (Å²) in [5.74, 6) is -0.0438. The molecule has 110 valence electrons. The number of nitrogens with one attached hydrogen (secondary N) is 1. The van der Waals surface area contributed by atoms with Crippen LogP contribution >= 0.6 is 0 Å². The molecule has 2 aromatic rings. The van der Waals surface area contributed by atoms with Crippen molar-refractivity contribution in [2.75, 3.05) is 5.32 Å². The molecule has 21 heavy (non-hydrogen) atoms. The molecule has 1 aromatic heterocycles. The van der Waals surface area contributed by atoms with Gasteiger partial charge in [0.2, 0.25) is 5.82 Å². The Morgan fingerprint density at radius 2 is 2.00 bits per heavy atom. The Labute approximate surface area is 123 Å². The first-order chi connectivity index (χ1) is 10.1. The van der Waals surface area contributed by atoms with Gasteiger partial charge in [0, 0.05) is 11.4 Å². The van der Waals surface area contributed by atoms with Gasteiger partial charge >= 0.3 is 5.97 Å². The van der Waals surface area contributed by atoms with Crippen molar-refractivity contribution in [2.45, 2.75) is 38.6 Å². The molecule has 2 N–H and O–H groups in total. The van der Waals surface area contributed by atoms with Crippen LogP contribution in [0.2, 0.25) is 0 Å². The number of aromatic nitrogens is 2. The zero-order valence-corrected chi connectivity index (χ0v) is 12.0. The largest absolute Gasteiger partial charge is 0.475 e. The molecule has 0 spiro atoms. The van der Waals surface area contributed by atoms with Gasteiger partial charge in [-0.2, -0.15) is 0 Å². The molecular weight excluding hydrogens is 266 g/mol. The topological polar surface area (TPSA) is 75.1 Å². The SMILES string of the molecule is CC1CCCCC1Nc1nc(C(=O)O)nc2ccccc12. The molecule has 1 saturated carbocycles. The Hall–Kier alpha value is -2.17. The molecule has 2 unspecified atom stereocenters. The van der Waals surface area contributed by atoms with Gasteiger partial charge in [0.25, 0.3) is 0 Å². The van der Waals surface area contributed by atoms with E-state index in [4.69, 9.17) is 0 Å². The number of carboxylic acids is 1. The number of para-hydroxylation sites is 1. The van der Waals surface area contributed by atoms with E-state index in [0.29, 0.717) is 23.3 Å². The number of fused-ring (bicyclic) bond motifs is 1. The summed E-state index contributed by atoms with van der Waals surface area (Å²) in [5, 5.41) is 13.5. The van der Waals surface area contributed by atoms with Crippen molar-refractivity contribution in [2.24, 2.45) is 5.92 Å². The van der Waals surface area contributed by atoms with Crippen LogP contribution in [0.3, 0.4) is 0 Å². The normalized spacial score (nSPS) is 22.1. The van der Waals surface area contributed by atoms with Gasteiger partial charge < -0.3 is 10.4 Å². The highest BCUT2D eigenvalue weighted by Gasteiger charge is 2.23. The maximum Gasteiger partial charge on any atom is 0.374 e. The second kappa shape index (κ2) is 5.68. The Bertz CT molecular complexity index is 672. The number of hydrogen-bond acceptors (Lipinski definition) is 4. The average Bonchev–Trinajstić information content (AvgIpc) is 2.49. The molecule has 1 heterocycles. The highest BCUT2D eigenvalue weighted by atomic mass is 16.4. The molecule has 1 aromatic carbocycles. The van der Waals surface area contributed by atoms with E-state index in [0.717, 1.165) is 11.8 Å². The smallest absolute Gasteiger partial charge is 0.374 e. The summed E-state index contributed by atoms with van der Waals surface area (Å²) in [5.41, 5.74) is 0.663. The van der Waals surface area contributed by atoms with Crippen molar-refractivity contribution in [3.8, 4) is 0 Å². The Morgan fingerprint density at radius 1 is 1.24 bits per heavy atom. The predicted molar refractivity (Wildman–Crippen MR) is 81.5 cm³/mol. The standard InChI is InChI=1S/C16H19N3O2/c1-10-6-2-4-8-12(10)17-14-11-7-3-5-9-13(11)18-15(19-14)16(20)21/h3,5,7,9-10,12H,2,4,6,8H2,1H3,(H,20,21)(H,17,18,19). The quantitative estimate of drug-likeness (QED) is 0.904. The summed E-state index contributed by atoms with van der Waals surface area (Å²) in [6.45, 7) is 2.23. The molecule has 3 rings (SSSR count). The number of carbonyl (C=O) groups is 1. The Balaban J connectivity index is 2.01. The summed E-state index contributed by atoms with van der Waals surface area (Å²) in [7, 11) is 0. The second-order valence-corrected chi connectivity index (χ2v) is 5.73. The lowest BCUT2D eigenvalue weighted by molar-refractivity contribution is 0.0684. The van der Waals surface area contributed by atoms with Gasteiger partial charge in [0.05, 0.1) is 5.52 Å². The Morgan fingerprint density at radius 3 is 2.76 bits per heavy atom. The molecule has 1 fully saturated rings. The van der Waals surface area contributed by atoms with E-state index in [2.05, 4.69) is 22.2 Å². The lowest BCUT2D eigenvalue weighted by atomic mass is 9.86. The van der Waals surface area contributed by atoms with Gasteiger partial charge in [0.15, 0.2) is 0 Å². The summed E-state index contributed by atoms with van der Waals surface area (Å²) in [6, 6.07) is 7.87. The maximum atomic E-state index is 11.2. The van der Waals surface area contributed by atoms with Crippen LogP contribution in [-0.2, 0) is 0 Å². The fraction of sp³-hybridized carbons (Fsp3) is 0.438. The van der Waals surface area contributed by atoms with Crippen LogP contribution in [0, 0.1) is 5.92 Å². The lowest BCUT2D eigenvalue weighted by Gasteiger charge is -2.30. The van der Waals surface area contributed by atoms with Crippen LogP contribution in [0.15, 0.2) is 24.3 Å². The van der Waals surface area contributed by atoms with Crippen LogP contribution in [0.5, 0.6) is 0 Å². The molecule has 5 nitrogen and oxygen atoms in total. The molecule has 5 heteroatoms. The summed E-state index contributed by atoms with van der Waals surface area (Å²) >= 11 is 0. The Kier molecular flexibility index (Phi) is 3.73. The fourth-order valence-electron chi connectivity index (χ4n) is 2.99. The van der Waals surface area contributed by atoms with Crippen molar-refractivity contribution < 1.29 is 9.90 Å². The fourth-order valence-corrected chi connectivity index (χ4v) is 2.99. The number of anilines is 1. The third kappa shape index (κ3) is 2.82. The minimum absolute atomic E-state index is 0.153. The molecule has 0 aliphatic heterocycles.